The molecular formula is C26H26N4OS. The summed E-state index contributed by atoms with van der Waals surface area (Å²) in [5.41, 5.74) is 5.37. The highest BCUT2D eigenvalue weighted by Gasteiger charge is 2.28. The topological polar surface area (TPSA) is 59.8 Å². The van der Waals surface area contributed by atoms with Gasteiger partial charge in [-0.05, 0) is 73.4 Å². The van der Waals surface area contributed by atoms with E-state index in [-0.39, 0.29) is 11.6 Å². The zero-order valence-electron chi connectivity index (χ0n) is 18.0. The van der Waals surface area contributed by atoms with Gasteiger partial charge in [0.1, 0.15) is 4.83 Å². The molecule has 1 atom stereocenters. The van der Waals surface area contributed by atoms with Crippen molar-refractivity contribution in [1.82, 2.24) is 19.9 Å². The molecule has 4 aromatic rings. The predicted molar refractivity (Wildman–Crippen MR) is 129 cm³/mol. The average Bonchev–Trinajstić information content (AvgIpc) is 3.41. The van der Waals surface area contributed by atoms with Crippen LogP contribution in [-0.4, -0.2) is 27.1 Å². The van der Waals surface area contributed by atoms with Crippen molar-refractivity contribution >= 4 is 21.6 Å². The van der Waals surface area contributed by atoms with Crippen LogP contribution in [0.25, 0.3) is 10.2 Å². The van der Waals surface area contributed by atoms with Crippen molar-refractivity contribution in [1.29, 1.82) is 0 Å². The summed E-state index contributed by atoms with van der Waals surface area (Å²) in [6.45, 7) is 0.948. The monoisotopic (exact) mass is 442 g/mol. The fourth-order valence-electron chi connectivity index (χ4n) is 5.31. The van der Waals surface area contributed by atoms with E-state index in [1.807, 2.05) is 23.0 Å². The molecule has 0 spiro atoms. The fourth-order valence-corrected chi connectivity index (χ4v) is 6.57. The van der Waals surface area contributed by atoms with Crippen LogP contribution in [0.5, 0.6) is 0 Å². The van der Waals surface area contributed by atoms with Crippen LogP contribution < -0.4 is 10.9 Å². The SMILES string of the molecule is O=c1c2c3c(sc2ncn1C1Cc2ccccc2C1)CC(NCCc1cccnc1)CC3. The van der Waals surface area contributed by atoms with Crippen LogP contribution in [-0.2, 0) is 32.1 Å². The molecule has 5 nitrogen and oxygen atoms in total. The van der Waals surface area contributed by atoms with Crippen molar-refractivity contribution in [3.8, 4) is 0 Å². The molecule has 6 heteroatoms. The van der Waals surface area contributed by atoms with Gasteiger partial charge in [0.15, 0.2) is 0 Å². The van der Waals surface area contributed by atoms with Crippen molar-refractivity contribution in [2.45, 2.75) is 50.6 Å². The summed E-state index contributed by atoms with van der Waals surface area (Å²) in [7, 11) is 0. The number of benzene rings is 1. The Hall–Kier alpha value is -2.83. The third-order valence-corrected chi connectivity index (χ3v) is 8.15. The number of aromatic nitrogens is 3. The fraction of sp³-hybridized carbons (Fsp3) is 0.346. The first kappa shape index (κ1) is 19.8. The number of aryl methyl sites for hydroxylation is 1. The van der Waals surface area contributed by atoms with Gasteiger partial charge in [-0.25, -0.2) is 4.98 Å². The van der Waals surface area contributed by atoms with E-state index in [2.05, 4.69) is 40.6 Å². The number of fused-ring (bicyclic) bond motifs is 4. The van der Waals surface area contributed by atoms with Crippen LogP contribution in [0.3, 0.4) is 0 Å². The van der Waals surface area contributed by atoms with Gasteiger partial charge in [-0.1, -0.05) is 30.3 Å². The van der Waals surface area contributed by atoms with E-state index in [0.717, 1.165) is 55.3 Å². The molecule has 1 aromatic carbocycles. The Morgan fingerprint density at radius 2 is 1.94 bits per heavy atom. The second-order valence-corrected chi connectivity index (χ2v) is 10.1. The smallest absolute Gasteiger partial charge is 0.262 e. The third-order valence-electron chi connectivity index (χ3n) is 6.99. The Kier molecular flexibility index (Phi) is 5.12. The van der Waals surface area contributed by atoms with Gasteiger partial charge in [-0.3, -0.25) is 14.3 Å². The second-order valence-electron chi connectivity index (χ2n) is 8.98. The van der Waals surface area contributed by atoms with Gasteiger partial charge in [0.05, 0.1) is 11.7 Å². The first-order valence-electron chi connectivity index (χ1n) is 11.5. The number of hydrogen-bond donors (Lipinski definition) is 1. The largest absolute Gasteiger partial charge is 0.313 e. The van der Waals surface area contributed by atoms with Gasteiger partial charge in [-0.15, -0.1) is 11.3 Å². The van der Waals surface area contributed by atoms with Crippen molar-refractivity contribution < 1.29 is 0 Å². The molecule has 0 saturated carbocycles. The number of rotatable bonds is 5. The van der Waals surface area contributed by atoms with Gasteiger partial charge in [0, 0.05) is 29.4 Å². The summed E-state index contributed by atoms with van der Waals surface area (Å²) in [4.78, 5) is 24.7. The molecule has 3 heterocycles. The zero-order valence-corrected chi connectivity index (χ0v) is 18.8. The van der Waals surface area contributed by atoms with E-state index in [1.54, 1.807) is 17.7 Å². The number of hydrogen-bond acceptors (Lipinski definition) is 5. The van der Waals surface area contributed by atoms with Crippen LogP contribution in [0, 0.1) is 0 Å². The Balaban J connectivity index is 1.20. The van der Waals surface area contributed by atoms with Gasteiger partial charge in [-0.2, -0.15) is 0 Å². The minimum Gasteiger partial charge on any atom is -0.313 e. The molecule has 0 amide bonds. The molecule has 0 bridgehead atoms. The highest BCUT2D eigenvalue weighted by Crippen LogP contribution is 2.35. The molecule has 0 saturated heterocycles. The van der Waals surface area contributed by atoms with Gasteiger partial charge < -0.3 is 5.32 Å². The maximum absolute atomic E-state index is 13.5. The maximum atomic E-state index is 13.5. The lowest BCUT2D eigenvalue weighted by Gasteiger charge is -2.23. The number of pyridine rings is 1. The van der Waals surface area contributed by atoms with Crippen LogP contribution in [0.1, 0.15) is 39.6 Å². The Morgan fingerprint density at radius 1 is 1.09 bits per heavy atom. The molecule has 2 aliphatic rings. The predicted octanol–water partition coefficient (Wildman–Crippen LogP) is 3.88. The van der Waals surface area contributed by atoms with Crippen LogP contribution >= 0.6 is 11.3 Å². The normalized spacial score (nSPS) is 18.1. The summed E-state index contributed by atoms with van der Waals surface area (Å²) in [5, 5.41) is 4.58. The molecule has 0 fully saturated rings. The molecule has 162 valence electrons. The van der Waals surface area contributed by atoms with Gasteiger partial charge in [0.2, 0.25) is 0 Å². The Labute approximate surface area is 191 Å². The number of nitrogens with zero attached hydrogens (tertiary/aromatic N) is 3. The molecule has 3 aromatic heterocycles. The maximum Gasteiger partial charge on any atom is 0.262 e. The molecule has 32 heavy (non-hydrogen) atoms. The molecule has 0 radical (unpaired) electrons. The highest BCUT2D eigenvalue weighted by atomic mass is 32.1. The van der Waals surface area contributed by atoms with Crippen molar-refractivity contribution in [3.05, 3.63) is 92.6 Å². The zero-order chi connectivity index (χ0) is 21.5. The summed E-state index contributed by atoms with van der Waals surface area (Å²) < 4.78 is 1.90. The van der Waals surface area contributed by atoms with Crippen LogP contribution in [0.15, 0.2) is 59.9 Å². The number of thiophene rings is 1. The molecule has 2 aliphatic carbocycles. The molecule has 0 aliphatic heterocycles. The van der Waals surface area contributed by atoms with Gasteiger partial charge >= 0.3 is 0 Å². The summed E-state index contributed by atoms with van der Waals surface area (Å²) >= 11 is 1.71. The van der Waals surface area contributed by atoms with E-state index in [0.29, 0.717) is 6.04 Å². The number of nitrogens with one attached hydrogen (secondary N) is 1. The molecule has 6 rings (SSSR count). The summed E-state index contributed by atoms with van der Waals surface area (Å²) in [6, 6.07) is 13.3. The van der Waals surface area contributed by atoms with E-state index < -0.39 is 0 Å². The first-order valence-corrected chi connectivity index (χ1v) is 12.3. The standard InChI is InChI=1S/C26H26N4OS/c31-26-24-22-8-7-20(28-11-9-17-4-3-10-27-15-17)14-23(22)32-25(24)29-16-30(26)21-12-18-5-1-2-6-19(18)13-21/h1-6,10,15-16,20-21,28H,7-9,11-14H2. The third kappa shape index (κ3) is 3.57. The average molecular weight is 443 g/mol. The highest BCUT2D eigenvalue weighted by molar-refractivity contribution is 7.18. The lowest BCUT2D eigenvalue weighted by Crippen LogP contribution is -2.35. The lowest BCUT2D eigenvalue weighted by atomic mass is 9.93. The lowest BCUT2D eigenvalue weighted by molar-refractivity contribution is 0.466. The molecule has 1 N–H and O–H groups in total. The summed E-state index contributed by atoms with van der Waals surface area (Å²) in [6.07, 6.45) is 11.4. The minimum atomic E-state index is 0.147. The van der Waals surface area contributed by atoms with Crippen LogP contribution in [0.4, 0.5) is 0 Å². The summed E-state index contributed by atoms with van der Waals surface area (Å²) in [5.74, 6) is 0. The Morgan fingerprint density at radius 3 is 2.72 bits per heavy atom. The van der Waals surface area contributed by atoms with E-state index in [4.69, 9.17) is 4.98 Å². The van der Waals surface area contributed by atoms with E-state index in [1.165, 1.54) is 27.1 Å². The van der Waals surface area contributed by atoms with Crippen molar-refractivity contribution in [2.75, 3.05) is 6.54 Å². The van der Waals surface area contributed by atoms with Gasteiger partial charge in [0.25, 0.3) is 5.56 Å². The minimum absolute atomic E-state index is 0.147. The second kappa shape index (κ2) is 8.26. The van der Waals surface area contributed by atoms with Crippen LogP contribution in [0.2, 0.25) is 0 Å². The molecule has 1 unspecified atom stereocenters. The molecular weight excluding hydrogens is 416 g/mol. The van der Waals surface area contributed by atoms with Crippen molar-refractivity contribution in [2.24, 2.45) is 0 Å². The quantitative estimate of drug-likeness (QED) is 0.510. The first-order chi connectivity index (χ1) is 15.8. The van der Waals surface area contributed by atoms with E-state index in [9.17, 15) is 4.79 Å². The van der Waals surface area contributed by atoms with Crippen molar-refractivity contribution in [3.63, 3.8) is 0 Å². The van der Waals surface area contributed by atoms with E-state index >= 15 is 0 Å². The Bertz CT molecular complexity index is 1300.